The lowest BCUT2D eigenvalue weighted by Crippen LogP contribution is -2.33. The molecule has 2 atom stereocenters. The van der Waals surface area contributed by atoms with E-state index >= 15 is 0 Å². The minimum atomic E-state index is 0.306. The van der Waals surface area contributed by atoms with Crippen LogP contribution in [0.3, 0.4) is 0 Å². The molecule has 3 rings (SSSR count). The molecule has 0 amide bonds. The molecule has 106 valence electrons. The number of likely N-dealkylation sites (tertiary alicyclic amines) is 1. The first-order valence-corrected chi connectivity index (χ1v) is 7.55. The zero-order valence-electron chi connectivity index (χ0n) is 11.8. The Kier molecular flexibility index (Phi) is 4.13. The molecule has 0 aliphatic carbocycles. The Morgan fingerprint density at radius 3 is 3.05 bits per heavy atom. The Bertz CT molecular complexity index is 400. The first-order chi connectivity index (χ1) is 9.31. The Labute approximate surface area is 114 Å². The van der Waals surface area contributed by atoms with Crippen LogP contribution < -0.4 is 5.32 Å². The standard InChI is InChI=1S/C14H24N4O/c1-18-8-4-5-11(10-18)9-13-16-14(17-19-13)12-6-2-3-7-15-12/h11-12,15H,2-10H2,1H3. The molecule has 2 saturated heterocycles. The highest BCUT2D eigenvalue weighted by atomic mass is 16.5. The van der Waals surface area contributed by atoms with Crippen LogP contribution in [0.5, 0.6) is 0 Å². The number of hydrogen-bond acceptors (Lipinski definition) is 5. The average Bonchev–Trinajstić information content (AvgIpc) is 2.88. The lowest BCUT2D eigenvalue weighted by molar-refractivity contribution is 0.198. The van der Waals surface area contributed by atoms with Gasteiger partial charge in [-0.1, -0.05) is 11.6 Å². The van der Waals surface area contributed by atoms with Crippen molar-refractivity contribution >= 4 is 0 Å². The summed E-state index contributed by atoms with van der Waals surface area (Å²) in [7, 11) is 2.19. The van der Waals surface area contributed by atoms with Crippen LogP contribution in [0, 0.1) is 5.92 Å². The second-order valence-electron chi connectivity index (χ2n) is 6.02. The highest BCUT2D eigenvalue weighted by Gasteiger charge is 2.23. The Hall–Kier alpha value is -0.940. The molecule has 0 radical (unpaired) electrons. The van der Waals surface area contributed by atoms with Gasteiger partial charge in [-0.25, -0.2) is 0 Å². The lowest BCUT2D eigenvalue weighted by Gasteiger charge is -2.28. The van der Waals surface area contributed by atoms with Gasteiger partial charge in [0.25, 0.3) is 0 Å². The van der Waals surface area contributed by atoms with E-state index < -0.39 is 0 Å². The van der Waals surface area contributed by atoms with Gasteiger partial charge >= 0.3 is 0 Å². The maximum Gasteiger partial charge on any atom is 0.227 e. The number of piperidine rings is 2. The van der Waals surface area contributed by atoms with Crippen LogP contribution in [0.4, 0.5) is 0 Å². The van der Waals surface area contributed by atoms with Crippen LogP contribution in [0.1, 0.15) is 49.9 Å². The Balaban J connectivity index is 1.58. The number of hydrogen-bond donors (Lipinski definition) is 1. The summed E-state index contributed by atoms with van der Waals surface area (Å²) >= 11 is 0. The van der Waals surface area contributed by atoms with Gasteiger partial charge < -0.3 is 14.7 Å². The van der Waals surface area contributed by atoms with Crippen molar-refractivity contribution in [1.82, 2.24) is 20.4 Å². The maximum atomic E-state index is 5.44. The second-order valence-corrected chi connectivity index (χ2v) is 6.02. The summed E-state index contributed by atoms with van der Waals surface area (Å²) < 4.78 is 5.44. The molecule has 5 nitrogen and oxygen atoms in total. The second kappa shape index (κ2) is 6.01. The van der Waals surface area contributed by atoms with E-state index in [0.29, 0.717) is 12.0 Å². The molecule has 0 saturated carbocycles. The molecule has 1 N–H and O–H groups in total. The van der Waals surface area contributed by atoms with Gasteiger partial charge in [0, 0.05) is 13.0 Å². The fraction of sp³-hybridized carbons (Fsp3) is 0.857. The SMILES string of the molecule is CN1CCCC(Cc2nc(C3CCCCN3)no2)C1. The summed E-state index contributed by atoms with van der Waals surface area (Å²) in [6.07, 6.45) is 7.15. The van der Waals surface area contributed by atoms with E-state index in [1.165, 1.54) is 32.2 Å². The number of aromatic nitrogens is 2. The van der Waals surface area contributed by atoms with Crippen molar-refractivity contribution in [3.8, 4) is 0 Å². The molecule has 1 aromatic heterocycles. The minimum absolute atomic E-state index is 0.306. The van der Waals surface area contributed by atoms with Gasteiger partial charge in [-0.3, -0.25) is 0 Å². The maximum absolute atomic E-state index is 5.44. The molecule has 0 bridgehead atoms. The fourth-order valence-corrected chi connectivity index (χ4v) is 3.25. The van der Waals surface area contributed by atoms with Crippen LogP contribution >= 0.6 is 0 Å². The van der Waals surface area contributed by atoms with E-state index in [0.717, 1.165) is 37.6 Å². The van der Waals surface area contributed by atoms with Crippen molar-refractivity contribution in [2.45, 2.75) is 44.6 Å². The highest BCUT2D eigenvalue weighted by molar-refractivity contribution is 4.96. The van der Waals surface area contributed by atoms with E-state index in [4.69, 9.17) is 4.52 Å². The number of rotatable bonds is 3. The smallest absolute Gasteiger partial charge is 0.227 e. The molecule has 0 aromatic carbocycles. The molecule has 5 heteroatoms. The van der Waals surface area contributed by atoms with Gasteiger partial charge in [0.05, 0.1) is 6.04 Å². The average molecular weight is 264 g/mol. The van der Waals surface area contributed by atoms with Gasteiger partial charge in [-0.15, -0.1) is 0 Å². The summed E-state index contributed by atoms with van der Waals surface area (Å²) in [6.45, 7) is 3.44. The molecule has 19 heavy (non-hydrogen) atoms. The third-order valence-corrected chi connectivity index (χ3v) is 4.29. The molecular weight excluding hydrogens is 240 g/mol. The van der Waals surface area contributed by atoms with Crippen molar-refractivity contribution in [2.75, 3.05) is 26.7 Å². The predicted molar refractivity (Wildman–Crippen MR) is 72.8 cm³/mol. The van der Waals surface area contributed by atoms with Crippen molar-refractivity contribution in [1.29, 1.82) is 0 Å². The zero-order valence-corrected chi connectivity index (χ0v) is 11.8. The minimum Gasteiger partial charge on any atom is -0.339 e. The van der Waals surface area contributed by atoms with Crippen molar-refractivity contribution in [2.24, 2.45) is 5.92 Å². The van der Waals surface area contributed by atoms with Crippen molar-refractivity contribution in [3.63, 3.8) is 0 Å². The molecule has 0 spiro atoms. The summed E-state index contributed by atoms with van der Waals surface area (Å²) in [5, 5.41) is 7.63. The van der Waals surface area contributed by atoms with Gasteiger partial charge in [0.2, 0.25) is 5.89 Å². The van der Waals surface area contributed by atoms with E-state index in [2.05, 4.69) is 27.4 Å². The van der Waals surface area contributed by atoms with E-state index in [1.54, 1.807) is 0 Å². The summed E-state index contributed by atoms with van der Waals surface area (Å²) in [5.74, 6) is 2.35. The lowest BCUT2D eigenvalue weighted by atomic mass is 9.95. The summed E-state index contributed by atoms with van der Waals surface area (Å²) in [6, 6.07) is 0.306. The first kappa shape index (κ1) is 13.1. The first-order valence-electron chi connectivity index (χ1n) is 7.55. The van der Waals surface area contributed by atoms with Crippen LogP contribution in [0.25, 0.3) is 0 Å². The molecular formula is C14H24N4O. The van der Waals surface area contributed by atoms with Gasteiger partial charge in [-0.05, 0) is 51.7 Å². The number of nitrogens with zero attached hydrogens (tertiary/aromatic N) is 3. The molecule has 2 unspecified atom stereocenters. The summed E-state index contributed by atoms with van der Waals surface area (Å²) in [5.41, 5.74) is 0. The molecule has 2 aliphatic heterocycles. The normalized spacial score (nSPS) is 29.5. The highest BCUT2D eigenvalue weighted by Crippen LogP contribution is 2.23. The quantitative estimate of drug-likeness (QED) is 0.901. The Morgan fingerprint density at radius 1 is 1.32 bits per heavy atom. The molecule has 3 heterocycles. The van der Waals surface area contributed by atoms with Crippen LogP contribution in [-0.4, -0.2) is 41.7 Å². The topological polar surface area (TPSA) is 54.2 Å². The van der Waals surface area contributed by atoms with E-state index in [9.17, 15) is 0 Å². The Morgan fingerprint density at radius 2 is 2.26 bits per heavy atom. The number of nitrogens with one attached hydrogen (secondary N) is 1. The van der Waals surface area contributed by atoms with E-state index in [1.807, 2.05) is 0 Å². The van der Waals surface area contributed by atoms with Gasteiger partial charge in [0.15, 0.2) is 5.82 Å². The fourth-order valence-electron chi connectivity index (χ4n) is 3.25. The molecule has 1 aromatic rings. The largest absolute Gasteiger partial charge is 0.339 e. The van der Waals surface area contributed by atoms with Crippen LogP contribution in [-0.2, 0) is 6.42 Å². The van der Waals surface area contributed by atoms with Gasteiger partial charge in [-0.2, -0.15) is 4.98 Å². The molecule has 2 fully saturated rings. The van der Waals surface area contributed by atoms with Crippen molar-refractivity contribution < 1.29 is 4.52 Å². The van der Waals surface area contributed by atoms with Crippen molar-refractivity contribution in [3.05, 3.63) is 11.7 Å². The summed E-state index contributed by atoms with van der Waals surface area (Å²) in [4.78, 5) is 6.99. The molecule has 2 aliphatic rings. The van der Waals surface area contributed by atoms with Gasteiger partial charge in [0.1, 0.15) is 0 Å². The zero-order chi connectivity index (χ0) is 13.1. The third-order valence-electron chi connectivity index (χ3n) is 4.29. The predicted octanol–water partition coefficient (Wildman–Crippen LogP) is 1.77. The van der Waals surface area contributed by atoms with Crippen LogP contribution in [0.2, 0.25) is 0 Å². The third kappa shape index (κ3) is 3.34. The van der Waals surface area contributed by atoms with E-state index in [-0.39, 0.29) is 0 Å². The van der Waals surface area contributed by atoms with Crippen LogP contribution in [0.15, 0.2) is 4.52 Å². The monoisotopic (exact) mass is 264 g/mol.